The second kappa shape index (κ2) is 5.95. The van der Waals surface area contributed by atoms with E-state index >= 15 is 0 Å². The minimum Gasteiger partial charge on any atom is -0.492 e. The Kier molecular flexibility index (Phi) is 4.86. The molecule has 0 radical (unpaired) electrons. The van der Waals surface area contributed by atoms with Gasteiger partial charge in [0.15, 0.2) is 0 Å². The Morgan fingerprint density at radius 3 is 2.93 bits per heavy atom. The second-order valence-electron chi connectivity index (χ2n) is 2.73. The van der Waals surface area contributed by atoms with Crippen molar-refractivity contribution in [1.82, 2.24) is 0 Å². The summed E-state index contributed by atoms with van der Waals surface area (Å²) in [6.07, 6.45) is 6.70. The number of rotatable bonds is 4. The summed E-state index contributed by atoms with van der Waals surface area (Å²) in [5, 5.41) is 0.611. The van der Waals surface area contributed by atoms with Gasteiger partial charge in [-0.15, -0.1) is 12.3 Å². The summed E-state index contributed by atoms with van der Waals surface area (Å²) < 4.78 is 6.39. The molecule has 0 aliphatic carbocycles. The van der Waals surface area contributed by atoms with Gasteiger partial charge in [0.2, 0.25) is 0 Å². The second-order valence-corrected chi connectivity index (χ2v) is 4.05. The molecule has 0 bridgehead atoms. The highest BCUT2D eigenvalue weighted by atomic mass is 79.9. The topological polar surface area (TPSA) is 9.23 Å². The van der Waals surface area contributed by atoms with Gasteiger partial charge in [-0.25, -0.2) is 0 Å². The van der Waals surface area contributed by atoms with Crippen molar-refractivity contribution in [2.45, 2.75) is 12.8 Å². The standard InChI is InChI=1S/C11H10BrClO/c1-2-3-4-7-14-11-6-5-9(12)8-10(11)13/h1,5-6,8H,3-4,7H2. The monoisotopic (exact) mass is 272 g/mol. The van der Waals surface area contributed by atoms with Crippen LogP contribution in [0.4, 0.5) is 0 Å². The summed E-state index contributed by atoms with van der Waals surface area (Å²) in [5.41, 5.74) is 0. The van der Waals surface area contributed by atoms with E-state index in [4.69, 9.17) is 22.8 Å². The quantitative estimate of drug-likeness (QED) is 0.597. The third kappa shape index (κ3) is 3.61. The fraction of sp³-hybridized carbons (Fsp3) is 0.273. The fourth-order valence-corrected chi connectivity index (χ4v) is 1.68. The molecule has 0 aliphatic rings. The first kappa shape index (κ1) is 11.4. The molecule has 3 heteroatoms. The number of ether oxygens (including phenoxy) is 1. The summed E-state index contributed by atoms with van der Waals surface area (Å²) in [5.74, 6) is 3.26. The van der Waals surface area contributed by atoms with Crippen LogP contribution in [0.5, 0.6) is 5.75 Å². The highest BCUT2D eigenvalue weighted by molar-refractivity contribution is 9.10. The van der Waals surface area contributed by atoms with Crippen molar-refractivity contribution in [2.75, 3.05) is 6.61 Å². The third-order valence-corrected chi connectivity index (χ3v) is 2.41. The van der Waals surface area contributed by atoms with Crippen LogP contribution in [0.25, 0.3) is 0 Å². The van der Waals surface area contributed by atoms with Gasteiger partial charge in [0.05, 0.1) is 11.6 Å². The van der Waals surface area contributed by atoms with Gasteiger partial charge >= 0.3 is 0 Å². The van der Waals surface area contributed by atoms with E-state index in [1.165, 1.54) is 0 Å². The maximum Gasteiger partial charge on any atom is 0.137 e. The van der Waals surface area contributed by atoms with Crippen LogP contribution >= 0.6 is 27.5 Å². The van der Waals surface area contributed by atoms with Gasteiger partial charge in [0.1, 0.15) is 5.75 Å². The number of terminal acetylenes is 1. The van der Waals surface area contributed by atoms with E-state index in [-0.39, 0.29) is 0 Å². The first-order chi connectivity index (χ1) is 6.74. The Hall–Kier alpha value is -0.650. The Bertz CT molecular complexity index is 344. The van der Waals surface area contributed by atoms with E-state index in [1.54, 1.807) is 6.07 Å². The molecule has 74 valence electrons. The van der Waals surface area contributed by atoms with Crippen LogP contribution < -0.4 is 4.74 Å². The molecule has 0 spiro atoms. The van der Waals surface area contributed by atoms with Gasteiger partial charge in [0.25, 0.3) is 0 Å². The molecule has 0 amide bonds. The molecule has 0 aromatic heterocycles. The maximum atomic E-state index is 5.95. The number of unbranched alkanes of at least 4 members (excludes halogenated alkanes) is 1. The van der Waals surface area contributed by atoms with Crippen LogP contribution in [0, 0.1) is 12.3 Å². The normalized spacial score (nSPS) is 9.50. The Morgan fingerprint density at radius 1 is 1.50 bits per heavy atom. The minimum absolute atomic E-state index is 0.603. The molecule has 0 aliphatic heterocycles. The Morgan fingerprint density at radius 2 is 2.29 bits per heavy atom. The molecule has 0 heterocycles. The molecule has 1 rings (SSSR count). The van der Waals surface area contributed by atoms with Crippen LogP contribution in [0.15, 0.2) is 22.7 Å². The van der Waals surface area contributed by atoms with E-state index in [0.29, 0.717) is 17.4 Å². The Labute approximate surface area is 97.5 Å². The van der Waals surface area contributed by atoms with Gasteiger partial charge in [-0.3, -0.25) is 0 Å². The van der Waals surface area contributed by atoms with E-state index < -0.39 is 0 Å². The molecule has 0 fully saturated rings. The van der Waals surface area contributed by atoms with Crippen molar-refractivity contribution in [2.24, 2.45) is 0 Å². The van der Waals surface area contributed by atoms with Crippen molar-refractivity contribution >= 4 is 27.5 Å². The van der Waals surface area contributed by atoms with Crippen molar-refractivity contribution in [3.8, 4) is 18.1 Å². The smallest absolute Gasteiger partial charge is 0.137 e. The molecule has 1 aromatic rings. The molecule has 1 aromatic carbocycles. The van der Waals surface area contributed by atoms with Gasteiger partial charge in [-0.2, -0.15) is 0 Å². The summed E-state index contributed by atoms with van der Waals surface area (Å²) in [7, 11) is 0. The largest absolute Gasteiger partial charge is 0.492 e. The molecule has 0 saturated carbocycles. The highest BCUT2D eigenvalue weighted by Crippen LogP contribution is 2.27. The average molecular weight is 274 g/mol. The van der Waals surface area contributed by atoms with Crippen molar-refractivity contribution in [3.63, 3.8) is 0 Å². The van der Waals surface area contributed by atoms with Crippen molar-refractivity contribution < 1.29 is 4.74 Å². The fourth-order valence-electron chi connectivity index (χ4n) is 0.949. The minimum atomic E-state index is 0.603. The van der Waals surface area contributed by atoms with E-state index in [2.05, 4.69) is 21.9 Å². The molecular weight excluding hydrogens is 263 g/mol. The maximum absolute atomic E-state index is 5.95. The lowest BCUT2D eigenvalue weighted by molar-refractivity contribution is 0.313. The predicted octanol–water partition coefficient (Wildman–Crippen LogP) is 3.89. The van der Waals surface area contributed by atoms with Crippen LogP contribution in [0.1, 0.15) is 12.8 Å². The molecule has 0 N–H and O–H groups in total. The molecule has 14 heavy (non-hydrogen) atoms. The first-order valence-corrected chi connectivity index (χ1v) is 5.42. The molecule has 1 nitrogen and oxygen atoms in total. The number of hydrogen-bond acceptors (Lipinski definition) is 1. The van der Waals surface area contributed by atoms with E-state index in [0.717, 1.165) is 17.3 Å². The summed E-state index contributed by atoms with van der Waals surface area (Å²) in [6, 6.07) is 5.53. The van der Waals surface area contributed by atoms with Gasteiger partial charge in [-0.05, 0) is 24.6 Å². The number of hydrogen-bond donors (Lipinski definition) is 0. The molecule has 0 atom stereocenters. The lowest BCUT2D eigenvalue weighted by Gasteiger charge is -2.06. The van der Waals surface area contributed by atoms with Crippen molar-refractivity contribution in [1.29, 1.82) is 0 Å². The summed E-state index contributed by atoms with van der Waals surface area (Å²) >= 11 is 9.27. The van der Waals surface area contributed by atoms with Crippen LogP contribution in [0.2, 0.25) is 5.02 Å². The number of halogens is 2. The van der Waals surface area contributed by atoms with Crippen LogP contribution in [-0.2, 0) is 0 Å². The summed E-state index contributed by atoms with van der Waals surface area (Å²) in [4.78, 5) is 0. The Balaban J connectivity index is 2.47. The van der Waals surface area contributed by atoms with Crippen LogP contribution in [-0.4, -0.2) is 6.61 Å². The zero-order valence-corrected chi connectivity index (χ0v) is 9.94. The number of benzene rings is 1. The molecular formula is C11H10BrClO. The highest BCUT2D eigenvalue weighted by Gasteiger charge is 2.00. The lowest BCUT2D eigenvalue weighted by Crippen LogP contribution is -1.96. The molecule has 0 unspecified atom stereocenters. The third-order valence-electron chi connectivity index (χ3n) is 1.62. The lowest BCUT2D eigenvalue weighted by atomic mass is 10.3. The van der Waals surface area contributed by atoms with Crippen molar-refractivity contribution in [3.05, 3.63) is 27.7 Å². The van der Waals surface area contributed by atoms with Gasteiger partial charge < -0.3 is 4.74 Å². The van der Waals surface area contributed by atoms with Crippen LogP contribution in [0.3, 0.4) is 0 Å². The summed E-state index contributed by atoms with van der Waals surface area (Å²) in [6.45, 7) is 0.603. The predicted molar refractivity (Wildman–Crippen MR) is 62.7 cm³/mol. The first-order valence-electron chi connectivity index (χ1n) is 4.25. The van der Waals surface area contributed by atoms with E-state index in [9.17, 15) is 0 Å². The zero-order chi connectivity index (χ0) is 10.4. The zero-order valence-electron chi connectivity index (χ0n) is 7.59. The SMILES string of the molecule is C#CCCCOc1ccc(Br)cc1Cl. The van der Waals surface area contributed by atoms with Gasteiger partial charge in [0, 0.05) is 10.9 Å². The molecule has 0 saturated heterocycles. The van der Waals surface area contributed by atoms with Gasteiger partial charge in [-0.1, -0.05) is 27.5 Å². The van der Waals surface area contributed by atoms with E-state index in [1.807, 2.05) is 12.1 Å². The average Bonchev–Trinajstić information content (AvgIpc) is 2.15.